The standard InChI is InChI=1S/C16H22N2O/c1-12(2)13(3)17-10-11-19-15-8-4-6-14-7-5-9-18-16(14)15/h4-9,12-13,17H,10-11H2,1-3H3. The fourth-order valence-corrected chi connectivity index (χ4v) is 1.88. The van der Waals surface area contributed by atoms with Gasteiger partial charge in [0.2, 0.25) is 0 Å². The fourth-order valence-electron chi connectivity index (χ4n) is 1.88. The summed E-state index contributed by atoms with van der Waals surface area (Å²) < 4.78 is 5.82. The molecule has 0 amide bonds. The number of hydrogen-bond donors (Lipinski definition) is 1. The first kappa shape index (κ1) is 13.8. The zero-order chi connectivity index (χ0) is 13.7. The van der Waals surface area contributed by atoms with Crippen molar-refractivity contribution in [3.8, 4) is 5.75 Å². The van der Waals surface area contributed by atoms with Crippen LogP contribution in [0.4, 0.5) is 0 Å². The first-order chi connectivity index (χ1) is 9.18. The molecule has 3 heteroatoms. The van der Waals surface area contributed by atoms with E-state index in [1.54, 1.807) is 6.20 Å². The normalized spacial score (nSPS) is 12.8. The summed E-state index contributed by atoms with van der Waals surface area (Å²) in [5, 5.41) is 4.57. The maximum Gasteiger partial charge on any atom is 0.145 e. The molecule has 0 radical (unpaired) electrons. The number of fused-ring (bicyclic) bond motifs is 1. The summed E-state index contributed by atoms with van der Waals surface area (Å²) in [6.45, 7) is 8.14. The second-order valence-electron chi connectivity index (χ2n) is 5.17. The number of nitrogens with one attached hydrogen (secondary N) is 1. The highest BCUT2D eigenvalue weighted by molar-refractivity contribution is 5.84. The van der Waals surface area contributed by atoms with Crippen LogP contribution in [0.3, 0.4) is 0 Å². The van der Waals surface area contributed by atoms with E-state index in [0.29, 0.717) is 18.6 Å². The summed E-state index contributed by atoms with van der Waals surface area (Å²) in [6, 6.07) is 10.5. The largest absolute Gasteiger partial charge is 0.490 e. The summed E-state index contributed by atoms with van der Waals surface area (Å²) in [6.07, 6.45) is 1.80. The first-order valence-corrected chi connectivity index (χ1v) is 6.88. The van der Waals surface area contributed by atoms with Crippen LogP contribution < -0.4 is 10.1 Å². The predicted octanol–water partition coefficient (Wildman–Crippen LogP) is 3.25. The quantitative estimate of drug-likeness (QED) is 0.808. The van der Waals surface area contributed by atoms with Gasteiger partial charge >= 0.3 is 0 Å². The third-order valence-electron chi connectivity index (χ3n) is 3.42. The summed E-state index contributed by atoms with van der Waals surface area (Å²) in [5.41, 5.74) is 0.932. The van der Waals surface area contributed by atoms with Gasteiger partial charge in [-0.05, 0) is 25.0 Å². The van der Waals surface area contributed by atoms with E-state index in [1.165, 1.54) is 0 Å². The molecule has 1 N–H and O–H groups in total. The van der Waals surface area contributed by atoms with Gasteiger partial charge in [-0.3, -0.25) is 4.98 Å². The van der Waals surface area contributed by atoms with Crippen LogP contribution >= 0.6 is 0 Å². The van der Waals surface area contributed by atoms with Crippen molar-refractivity contribution >= 4 is 10.9 Å². The number of pyridine rings is 1. The Balaban J connectivity index is 1.92. The second-order valence-corrected chi connectivity index (χ2v) is 5.17. The summed E-state index contributed by atoms with van der Waals surface area (Å²) >= 11 is 0. The Kier molecular flexibility index (Phi) is 4.74. The molecule has 0 saturated heterocycles. The van der Waals surface area contributed by atoms with Gasteiger partial charge in [-0.15, -0.1) is 0 Å². The Morgan fingerprint density at radius 2 is 1.95 bits per heavy atom. The van der Waals surface area contributed by atoms with Crippen LogP contribution in [0.15, 0.2) is 36.5 Å². The molecule has 1 unspecified atom stereocenters. The maximum atomic E-state index is 5.82. The van der Waals surface area contributed by atoms with E-state index >= 15 is 0 Å². The predicted molar refractivity (Wildman–Crippen MR) is 79.5 cm³/mol. The zero-order valence-corrected chi connectivity index (χ0v) is 11.9. The van der Waals surface area contributed by atoms with E-state index < -0.39 is 0 Å². The number of rotatable bonds is 6. The van der Waals surface area contributed by atoms with E-state index in [4.69, 9.17) is 4.74 Å². The molecule has 0 aliphatic carbocycles. The fraction of sp³-hybridized carbons (Fsp3) is 0.438. The summed E-state index contributed by atoms with van der Waals surface area (Å²) in [5.74, 6) is 1.50. The van der Waals surface area contributed by atoms with Gasteiger partial charge in [0.1, 0.15) is 17.9 Å². The van der Waals surface area contributed by atoms with Crippen LogP contribution in [0.25, 0.3) is 10.9 Å². The van der Waals surface area contributed by atoms with Crippen molar-refractivity contribution in [3.63, 3.8) is 0 Å². The van der Waals surface area contributed by atoms with Crippen molar-refractivity contribution in [2.24, 2.45) is 5.92 Å². The number of nitrogens with zero attached hydrogens (tertiary/aromatic N) is 1. The van der Waals surface area contributed by atoms with Crippen LogP contribution in [0, 0.1) is 5.92 Å². The highest BCUT2D eigenvalue weighted by Crippen LogP contribution is 2.22. The van der Waals surface area contributed by atoms with E-state index in [2.05, 4.69) is 31.1 Å². The zero-order valence-electron chi connectivity index (χ0n) is 11.9. The lowest BCUT2D eigenvalue weighted by molar-refractivity contribution is 0.299. The lowest BCUT2D eigenvalue weighted by Gasteiger charge is -2.17. The molecule has 1 heterocycles. The van der Waals surface area contributed by atoms with Crippen molar-refractivity contribution in [1.82, 2.24) is 10.3 Å². The Morgan fingerprint density at radius 3 is 2.74 bits per heavy atom. The molecule has 2 rings (SSSR count). The van der Waals surface area contributed by atoms with Gasteiger partial charge in [0.25, 0.3) is 0 Å². The van der Waals surface area contributed by atoms with Crippen molar-refractivity contribution in [3.05, 3.63) is 36.5 Å². The molecular formula is C16H22N2O. The van der Waals surface area contributed by atoms with Gasteiger partial charge in [-0.25, -0.2) is 0 Å². The van der Waals surface area contributed by atoms with Crippen molar-refractivity contribution in [2.45, 2.75) is 26.8 Å². The Hall–Kier alpha value is -1.61. The first-order valence-electron chi connectivity index (χ1n) is 6.88. The average Bonchev–Trinajstić information content (AvgIpc) is 2.43. The molecule has 1 aromatic carbocycles. The SMILES string of the molecule is CC(C)C(C)NCCOc1cccc2cccnc12. The molecule has 0 aliphatic heterocycles. The molecule has 0 saturated carbocycles. The van der Waals surface area contributed by atoms with E-state index in [9.17, 15) is 0 Å². The van der Waals surface area contributed by atoms with E-state index in [1.807, 2.05) is 30.3 Å². The monoisotopic (exact) mass is 258 g/mol. The minimum atomic E-state index is 0.509. The maximum absolute atomic E-state index is 5.82. The van der Waals surface area contributed by atoms with Crippen LogP contribution in [-0.2, 0) is 0 Å². The third-order valence-corrected chi connectivity index (χ3v) is 3.42. The minimum Gasteiger partial charge on any atom is -0.490 e. The Labute approximate surface area is 115 Å². The summed E-state index contributed by atoms with van der Waals surface area (Å²) in [7, 11) is 0. The number of para-hydroxylation sites is 1. The average molecular weight is 258 g/mol. The lowest BCUT2D eigenvalue weighted by Crippen LogP contribution is -2.33. The molecule has 0 bridgehead atoms. The highest BCUT2D eigenvalue weighted by Gasteiger charge is 2.06. The highest BCUT2D eigenvalue weighted by atomic mass is 16.5. The molecule has 0 aliphatic rings. The number of ether oxygens (including phenoxy) is 1. The summed E-state index contributed by atoms with van der Waals surface area (Å²) in [4.78, 5) is 4.38. The molecule has 1 atom stereocenters. The van der Waals surface area contributed by atoms with Gasteiger partial charge in [0.15, 0.2) is 0 Å². The van der Waals surface area contributed by atoms with Crippen molar-refractivity contribution in [1.29, 1.82) is 0 Å². The molecule has 0 spiro atoms. The van der Waals surface area contributed by atoms with Crippen LogP contribution in [0.5, 0.6) is 5.75 Å². The number of hydrogen-bond acceptors (Lipinski definition) is 3. The molecule has 1 aromatic heterocycles. The van der Waals surface area contributed by atoms with Gasteiger partial charge in [-0.1, -0.05) is 32.0 Å². The van der Waals surface area contributed by atoms with Crippen LogP contribution in [-0.4, -0.2) is 24.2 Å². The van der Waals surface area contributed by atoms with E-state index in [0.717, 1.165) is 23.2 Å². The Bertz CT molecular complexity index is 520. The molecule has 102 valence electrons. The van der Waals surface area contributed by atoms with Crippen molar-refractivity contribution in [2.75, 3.05) is 13.2 Å². The minimum absolute atomic E-state index is 0.509. The topological polar surface area (TPSA) is 34.1 Å². The number of benzene rings is 1. The molecular weight excluding hydrogens is 236 g/mol. The molecule has 19 heavy (non-hydrogen) atoms. The molecule has 0 fully saturated rings. The molecule has 3 nitrogen and oxygen atoms in total. The Morgan fingerprint density at radius 1 is 1.16 bits per heavy atom. The second kappa shape index (κ2) is 6.53. The van der Waals surface area contributed by atoms with Gasteiger partial charge in [0, 0.05) is 24.2 Å². The number of aromatic nitrogens is 1. The van der Waals surface area contributed by atoms with Crippen LogP contribution in [0.1, 0.15) is 20.8 Å². The third kappa shape index (κ3) is 3.67. The lowest BCUT2D eigenvalue weighted by atomic mass is 10.1. The van der Waals surface area contributed by atoms with Gasteiger partial charge < -0.3 is 10.1 Å². The van der Waals surface area contributed by atoms with Gasteiger partial charge in [-0.2, -0.15) is 0 Å². The van der Waals surface area contributed by atoms with Crippen LogP contribution in [0.2, 0.25) is 0 Å². The smallest absolute Gasteiger partial charge is 0.145 e. The van der Waals surface area contributed by atoms with Gasteiger partial charge in [0.05, 0.1) is 0 Å². The molecule has 2 aromatic rings. The van der Waals surface area contributed by atoms with Crippen molar-refractivity contribution < 1.29 is 4.74 Å². The van der Waals surface area contributed by atoms with E-state index in [-0.39, 0.29) is 0 Å².